The van der Waals surface area contributed by atoms with E-state index in [2.05, 4.69) is 20.7 Å². The standard InChI is InChI=1S/C31H31Cl2FN8O2/c1-18-4-3-5-27(24-12-21(8-10-35-24)30-25(37-31(18)44)15-36-42(30)16-19(2)34)40-11-9-20(13-29(40)43)23-14-22(32)6-7-26(23)41-17-28(33)38-39-41/h6-8,10,12-15,17-19,27H,3-5,9,11,16H2,1-2H3,(H,37,44)/t18-,19?,27+/m1/s1. The van der Waals surface area contributed by atoms with Gasteiger partial charge in [-0.25, -0.2) is 9.07 Å². The fraction of sp³-hybridized carbons (Fsp3) is 0.355. The minimum absolute atomic E-state index is 0.0340. The van der Waals surface area contributed by atoms with Gasteiger partial charge in [0.25, 0.3) is 0 Å². The molecule has 2 bridgehead atoms. The first-order valence-corrected chi connectivity index (χ1v) is 15.3. The van der Waals surface area contributed by atoms with Crippen LogP contribution in [0.15, 0.2) is 55.0 Å². The number of benzene rings is 1. The molecule has 3 aromatic heterocycles. The Kier molecular flexibility index (Phi) is 8.50. The summed E-state index contributed by atoms with van der Waals surface area (Å²) in [6.07, 6.45) is 7.88. The van der Waals surface area contributed by atoms with E-state index in [0.29, 0.717) is 54.3 Å². The maximum atomic E-state index is 14.1. The summed E-state index contributed by atoms with van der Waals surface area (Å²) >= 11 is 12.4. The van der Waals surface area contributed by atoms with E-state index in [9.17, 15) is 14.0 Å². The molecule has 0 fully saturated rings. The lowest BCUT2D eigenvalue weighted by molar-refractivity contribution is -0.129. The van der Waals surface area contributed by atoms with Gasteiger partial charge in [-0.05, 0) is 62.1 Å². The molecule has 10 nitrogen and oxygen atoms in total. The van der Waals surface area contributed by atoms with Gasteiger partial charge in [0.1, 0.15) is 6.17 Å². The molecule has 0 saturated heterocycles. The highest BCUT2D eigenvalue weighted by Crippen LogP contribution is 2.37. The maximum absolute atomic E-state index is 14.1. The van der Waals surface area contributed by atoms with Crippen LogP contribution in [0.2, 0.25) is 10.2 Å². The van der Waals surface area contributed by atoms with Crippen LogP contribution in [-0.4, -0.2) is 59.2 Å². The van der Waals surface area contributed by atoms with E-state index in [-0.39, 0.29) is 35.5 Å². The molecule has 0 spiro atoms. The Hall–Kier alpha value is -4.09. The van der Waals surface area contributed by atoms with E-state index in [1.54, 1.807) is 40.1 Å². The van der Waals surface area contributed by atoms with Crippen molar-refractivity contribution in [2.45, 2.75) is 58.3 Å². The normalized spacial score (nSPS) is 19.8. The Morgan fingerprint density at radius 1 is 1.16 bits per heavy atom. The summed E-state index contributed by atoms with van der Waals surface area (Å²) in [5.74, 6) is -0.549. The Morgan fingerprint density at radius 3 is 2.75 bits per heavy atom. The highest BCUT2D eigenvalue weighted by Gasteiger charge is 2.31. The molecule has 2 aliphatic heterocycles. The van der Waals surface area contributed by atoms with Gasteiger partial charge in [0, 0.05) is 40.9 Å². The molecule has 3 atom stereocenters. The summed E-state index contributed by atoms with van der Waals surface area (Å²) < 4.78 is 17.2. The third-order valence-corrected chi connectivity index (χ3v) is 8.48. The molecule has 5 heterocycles. The van der Waals surface area contributed by atoms with Crippen molar-refractivity contribution in [3.63, 3.8) is 0 Å². The van der Waals surface area contributed by atoms with Crippen LogP contribution >= 0.6 is 23.2 Å². The third-order valence-electron chi connectivity index (χ3n) is 8.08. The number of fused-ring (bicyclic) bond motifs is 4. The summed E-state index contributed by atoms with van der Waals surface area (Å²) in [5.41, 5.74) is 4.88. The van der Waals surface area contributed by atoms with Gasteiger partial charge < -0.3 is 10.2 Å². The average molecular weight is 638 g/mol. The zero-order valence-electron chi connectivity index (χ0n) is 24.3. The minimum atomic E-state index is -1.14. The molecule has 6 rings (SSSR count). The second-order valence-corrected chi connectivity index (χ2v) is 12.1. The molecule has 1 N–H and O–H groups in total. The number of carbonyl (C=O) groups is 2. The molecule has 1 unspecified atom stereocenters. The van der Waals surface area contributed by atoms with Crippen molar-refractivity contribution in [2.75, 3.05) is 11.9 Å². The number of alkyl halides is 1. The predicted molar refractivity (Wildman–Crippen MR) is 166 cm³/mol. The largest absolute Gasteiger partial charge is 0.330 e. The summed E-state index contributed by atoms with van der Waals surface area (Å²) in [6, 6.07) is 8.79. The zero-order valence-corrected chi connectivity index (χ0v) is 25.8. The predicted octanol–water partition coefficient (Wildman–Crippen LogP) is 6.31. The van der Waals surface area contributed by atoms with E-state index in [0.717, 1.165) is 22.4 Å². The zero-order chi connectivity index (χ0) is 31.0. The first-order chi connectivity index (χ1) is 21.2. The van der Waals surface area contributed by atoms with Crippen molar-refractivity contribution in [2.24, 2.45) is 5.92 Å². The van der Waals surface area contributed by atoms with E-state index in [1.165, 1.54) is 6.92 Å². The number of anilines is 1. The quantitative estimate of drug-likeness (QED) is 0.275. The van der Waals surface area contributed by atoms with Gasteiger partial charge in [-0.1, -0.05) is 41.8 Å². The number of pyridine rings is 1. The minimum Gasteiger partial charge on any atom is -0.330 e. The smallest absolute Gasteiger partial charge is 0.247 e. The van der Waals surface area contributed by atoms with Crippen LogP contribution in [0.25, 0.3) is 22.5 Å². The average Bonchev–Trinajstić information content (AvgIpc) is 3.60. The Balaban J connectivity index is 1.37. The van der Waals surface area contributed by atoms with Crippen molar-refractivity contribution in [3.05, 3.63) is 76.4 Å². The Morgan fingerprint density at radius 2 is 2.00 bits per heavy atom. The number of halogens is 3. The fourth-order valence-corrected chi connectivity index (χ4v) is 6.21. The Labute approximate surface area is 263 Å². The van der Waals surface area contributed by atoms with Gasteiger partial charge in [0.05, 0.1) is 47.7 Å². The summed E-state index contributed by atoms with van der Waals surface area (Å²) in [4.78, 5) is 33.5. The van der Waals surface area contributed by atoms with Crippen LogP contribution < -0.4 is 5.32 Å². The highest BCUT2D eigenvalue weighted by molar-refractivity contribution is 6.31. The lowest BCUT2D eigenvalue weighted by atomic mass is 9.93. The van der Waals surface area contributed by atoms with Gasteiger partial charge >= 0.3 is 0 Å². The molecular weight excluding hydrogens is 606 g/mol. The lowest BCUT2D eigenvalue weighted by Crippen LogP contribution is -2.38. The van der Waals surface area contributed by atoms with E-state index in [1.807, 2.05) is 36.1 Å². The maximum Gasteiger partial charge on any atom is 0.247 e. The monoisotopic (exact) mass is 636 g/mol. The van der Waals surface area contributed by atoms with Crippen LogP contribution in [0.5, 0.6) is 0 Å². The molecule has 44 heavy (non-hydrogen) atoms. The number of aromatic nitrogens is 6. The molecule has 13 heteroatoms. The van der Waals surface area contributed by atoms with E-state index < -0.39 is 6.17 Å². The van der Waals surface area contributed by atoms with Crippen LogP contribution in [0.3, 0.4) is 0 Å². The number of carbonyl (C=O) groups excluding carboxylic acids is 2. The summed E-state index contributed by atoms with van der Waals surface area (Å²) in [7, 11) is 0. The SMILES string of the molecule is CC(F)Cn1ncc2c1-c1ccnc(c1)[C@@H](N1CCC(c3cc(Cl)ccc3-n3cc(Cl)nn3)=CC1=O)CCC[C@@H](C)C(=O)N2. The van der Waals surface area contributed by atoms with Gasteiger partial charge in [-0.15, -0.1) is 5.10 Å². The number of amides is 2. The molecule has 1 aromatic carbocycles. The second-order valence-electron chi connectivity index (χ2n) is 11.3. The Bertz CT molecular complexity index is 1750. The van der Waals surface area contributed by atoms with Crippen molar-refractivity contribution >= 4 is 46.3 Å². The number of nitrogens with one attached hydrogen (secondary N) is 1. The first kappa shape index (κ1) is 30.0. The summed E-state index contributed by atoms with van der Waals surface area (Å²) in [5, 5.41) is 16.1. The number of hydrogen-bond donors (Lipinski definition) is 1. The van der Waals surface area contributed by atoms with Crippen molar-refractivity contribution in [1.29, 1.82) is 0 Å². The van der Waals surface area contributed by atoms with E-state index >= 15 is 0 Å². The molecule has 0 radical (unpaired) electrons. The highest BCUT2D eigenvalue weighted by atomic mass is 35.5. The topological polar surface area (TPSA) is 111 Å². The lowest BCUT2D eigenvalue weighted by Gasteiger charge is -2.34. The molecule has 228 valence electrons. The van der Waals surface area contributed by atoms with E-state index in [4.69, 9.17) is 28.2 Å². The third kappa shape index (κ3) is 6.11. The van der Waals surface area contributed by atoms with Crippen molar-refractivity contribution < 1.29 is 14.0 Å². The van der Waals surface area contributed by atoms with Crippen molar-refractivity contribution in [3.8, 4) is 16.9 Å². The van der Waals surface area contributed by atoms with Gasteiger partial charge in [-0.2, -0.15) is 5.10 Å². The molecular formula is C31H31Cl2FN8O2. The number of rotatable bonds is 5. The van der Waals surface area contributed by atoms with Crippen molar-refractivity contribution in [1.82, 2.24) is 34.7 Å². The molecule has 0 saturated carbocycles. The first-order valence-electron chi connectivity index (χ1n) is 14.5. The molecule has 4 aromatic rings. The van der Waals surface area contributed by atoms with Gasteiger partial charge in [0.2, 0.25) is 11.8 Å². The number of hydrogen-bond acceptors (Lipinski definition) is 6. The van der Waals surface area contributed by atoms with Crippen LogP contribution in [-0.2, 0) is 16.1 Å². The van der Waals surface area contributed by atoms with Crippen LogP contribution in [0.4, 0.5) is 10.1 Å². The van der Waals surface area contributed by atoms with Gasteiger partial charge in [0.15, 0.2) is 5.15 Å². The molecule has 2 amide bonds. The molecule has 2 aliphatic rings. The van der Waals surface area contributed by atoms with Crippen LogP contribution in [0.1, 0.15) is 56.8 Å². The summed E-state index contributed by atoms with van der Waals surface area (Å²) in [6.45, 7) is 3.83. The van der Waals surface area contributed by atoms with Crippen LogP contribution in [0, 0.1) is 5.92 Å². The second kappa shape index (κ2) is 12.5. The van der Waals surface area contributed by atoms with Gasteiger partial charge in [-0.3, -0.25) is 19.3 Å². The number of nitrogens with zero attached hydrogens (tertiary/aromatic N) is 7. The fourth-order valence-electron chi connectivity index (χ4n) is 5.91. The molecule has 0 aliphatic carbocycles.